The van der Waals surface area contributed by atoms with Crippen LogP contribution in [0.15, 0.2) is 24.3 Å². The number of hydrogen-bond acceptors (Lipinski definition) is 2. The van der Waals surface area contributed by atoms with Gasteiger partial charge in [-0.05, 0) is 23.8 Å². The molecule has 0 bridgehead atoms. The molecule has 2 heterocycles. The molecule has 3 nitrogen and oxygen atoms in total. The molecule has 0 saturated heterocycles. The highest BCUT2D eigenvalue weighted by atomic mass is 15.1. The molecule has 0 aliphatic carbocycles. The summed E-state index contributed by atoms with van der Waals surface area (Å²) in [7, 11) is 0. The number of nitrogens with two attached hydrogens (primary N) is 1. The zero-order valence-corrected chi connectivity index (χ0v) is 12.6. The number of rotatable bonds is 2. The normalized spacial score (nSPS) is 18.3. The fourth-order valence-corrected chi connectivity index (χ4v) is 2.92. The maximum atomic E-state index is 6.30. The lowest BCUT2D eigenvalue weighted by molar-refractivity contribution is 0.412. The first kappa shape index (κ1) is 13.2. The van der Waals surface area contributed by atoms with E-state index in [4.69, 9.17) is 10.7 Å². The van der Waals surface area contributed by atoms with Crippen molar-refractivity contribution in [1.82, 2.24) is 9.55 Å². The molecule has 20 heavy (non-hydrogen) atoms. The van der Waals surface area contributed by atoms with Gasteiger partial charge in [-0.3, -0.25) is 0 Å². The second-order valence-corrected chi connectivity index (χ2v) is 6.29. The lowest BCUT2D eigenvalue weighted by Crippen LogP contribution is -2.18. The maximum absolute atomic E-state index is 6.30. The predicted molar refractivity (Wildman–Crippen MR) is 83.6 cm³/mol. The smallest absolute Gasteiger partial charge is 0.131 e. The summed E-state index contributed by atoms with van der Waals surface area (Å²) in [5.74, 6) is 3.23. The Balaban J connectivity index is 1.98. The third kappa shape index (κ3) is 2.21. The first-order valence-electron chi connectivity index (χ1n) is 7.51. The zero-order valence-electron chi connectivity index (χ0n) is 12.6. The van der Waals surface area contributed by atoms with Crippen LogP contribution in [0.1, 0.15) is 44.5 Å². The number of anilines is 1. The Hall–Kier alpha value is -1.77. The molecule has 1 aliphatic heterocycles. The van der Waals surface area contributed by atoms with Crippen LogP contribution in [-0.4, -0.2) is 9.55 Å². The number of benzene rings is 1. The second-order valence-electron chi connectivity index (χ2n) is 6.29. The Labute approximate surface area is 120 Å². The number of fused-ring (bicyclic) bond motifs is 1. The van der Waals surface area contributed by atoms with Gasteiger partial charge in [-0.2, -0.15) is 0 Å². The molecule has 0 radical (unpaired) electrons. The highest BCUT2D eigenvalue weighted by Gasteiger charge is 2.22. The van der Waals surface area contributed by atoms with Crippen molar-refractivity contribution in [3.8, 4) is 11.3 Å². The molecule has 0 spiro atoms. The van der Waals surface area contributed by atoms with Crippen LogP contribution in [0.4, 0.5) is 5.82 Å². The van der Waals surface area contributed by atoms with Crippen LogP contribution in [0, 0.1) is 5.92 Å². The van der Waals surface area contributed by atoms with E-state index in [-0.39, 0.29) is 0 Å². The Morgan fingerprint density at radius 1 is 1.25 bits per heavy atom. The van der Waals surface area contributed by atoms with E-state index in [0.717, 1.165) is 35.9 Å². The summed E-state index contributed by atoms with van der Waals surface area (Å²) in [6.45, 7) is 7.70. The minimum Gasteiger partial charge on any atom is -0.383 e. The van der Waals surface area contributed by atoms with Gasteiger partial charge in [-0.25, -0.2) is 4.98 Å². The molecular weight excluding hydrogens is 246 g/mol. The summed E-state index contributed by atoms with van der Waals surface area (Å²) in [4.78, 5) is 4.78. The van der Waals surface area contributed by atoms with E-state index in [1.54, 1.807) is 0 Å². The van der Waals surface area contributed by atoms with Gasteiger partial charge in [0.05, 0.1) is 0 Å². The summed E-state index contributed by atoms with van der Waals surface area (Å²) >= 11 is 0. The van der Waals surface area contributed by atoms with Crippen molar-refractivity contribution in [3.63, 3.8) is 0 Å². The van der Waals surface area contributed by atoms with Gasteiger partial charge in [0.2, 0.25) is 0 Å². The molecule has 0 saturated carbocycles. The molecule has 106 valence electrons. The highest BCUT2D eigenvalue weighted by Crippen LogP contribution is 2.31. The van der Waals surface area contributed by atoms with Gasteiger partial charge in [0.15, 0.2) is 0 Å². The predicted octanol–water partition coefficient (Wildman–Crippen LogP) is 3.84. The van der Waals surface area contributed by atoms with E-state index < -0.39 is 0 Å². The van der Waals surface area contributed by atoms with E-state index in [1.807, 2.05) is 0 Å². The lowest BCUT2D eigenvalue weighted by Gasteiger charge is -2.20. The Morgan fingerprint density at radius 3 is 2.60 bits per heavy atom. The highest BCUT2D eigenvalue weighted by molar-refractivity contribution is 5.71. The number of nitrogens with zero attached hydrogens (tertiary/aromatic N) is 2. The fourth-order valence-electron chi connectivity index (χ4n) is 2.92. The van der Waals surface area contributed by atoms with Crippen molar-refractivity contribution in [2.45, 2.75) is 46.1 Å². The second kappa shape index (κ2) is 4.97. The van der Waals surface area contributed by atoms with Crippen LogP contribution in [0.5, 0.6) is 0 Å². The molecule has 1 aromatic carbocycles. The Kier molecular flexibility index (Phi) is 3.28. The molecule has 3 rings (SSSR count). The minimum atomic E-state index is 0.553. The van der Waals surface area contributed by atoms with Gasteiger partial charge in [-0.15, -0.1) is 0 Å². The van der Waals surface area contributed by atoms with Gasteiger partial charge < -0.3 is 10.3 Å². The molecule has 0 fully saturated rings. The van der Waals surface area contributed by atoms with Gasteiger partial charge in [0.25, 0.3) is 0 Å². The molecule has 1 aromatic heterocycles. The summed E-state index contributed by atoms with van der Waals surface area (Å²) in [5, 5.41) is 0. The summed E-state index contributed by atoms with van der Waals surface area (Å²) in [6.07, 6.45) is 2.23. The first-order valence-corrected chi connectivity index (χ1v) is 7.51. The minimum absolute atomic E-state index is 0.553. The lowest BCUT2D eigenvalue weighted by atomic mass is 10.0. The largest absolute Gasteiger partial charge is 0.383 e. The van der Waals surface area contributed by atoms with Crippen LogP contribution in [0.3, 0.4) is 0 Å². The van der Waals surface area contributed by atoms with E-state index >= 15 is 0 Å². The van der Waals surface area contributed by atoms with E-state index in [1.165, 1.54) is 12.0 Å². The van der Waals surface area contributed by atoms with Gasteiger partial charge in [-0.1, -0.05) is 45.0 Å². The van der Waals surface area contributed by atoms with Crippen LogP contribution >= 0.6 is 0 Å². The summed E-state index contributed by atoms with van der Waals surface area (Å²) in [6, 6.07) is 8.65. The van der Waals surface area contributed by atoms with Crippen molar-refractivity contribution < 1.29 is 0 Å². The molecule has 1 unspecified atom stereocenters. The maximum Gasteiger partial charge on any atom is 0.131 e. The standard InChI is InChI=1S/C17H23N3/c1-11(2)13-4-6-14(7-5-13)16-17(18)20-9-8-12(3)10-15(20)19-16/h4-7,11-12H,8-10,18H2,1-3H3. The third-order valence-electron chi connectivity index (χ3n) is 4.31. The molecule has 2 N–H and O–H groups in total. The number of aromatic nitrogens is 2. The average Bonchev–Trinajstić information content (AvgIpc) is 2.75. The number of imidazole rings is 1. The molecule has 3 heteroatoms. The number of nitrogen functional groups attached to an aromatic ring is 1. The van der Waals surface area contributed by atoms with Crippen molar-refractivity contribution >= 4 is 5.82 Å². The SMILES string of the molecule is CC1CCn2c(nc(-c3ccc(C(C)C)cc3)c2N)C1. The fraction of sp³-hybridized carbons (Fsp3) is 0.471. The van der Waals surface area contributed by atoms with E-state index in [9.17, 15) is 0 Å². The van der Waals surface area contributed by atoms with Gasteiger partial charge in [0, 0.05) is 18.5 Å². The summed E-state index contributed by atoms with van der Waals surface area (Å²) < 4.78 is 2.19. The van der Waals surface area contributed by atoms with Crippen LogP contribution in [0.2, 0.25) is 0 Å². The zero-order chi connectivity index (χ0) is 14.3. The first-order chi connectivity index (χ1) is 9.56. The Morgan fingerprint density at radius 2 is 1.95 bits per heavy atom. The van der Waals surface area contributed by atoms with Crippen molar-refractivity contribution in [2.24, 2.45) is 5.92 Å². The molecule has 1 aliphatic rings. The van der Waals surface area contributed by atoms with Crippen molar-refractivity contribution in [3.05, 3.63) is 35.7 Å². The molecular formula is C17H23N3. The van der Waals surface area contributed by atoms with Gasteiger partial charge >= 0.3 is 0 Å². The quantitative estimate of drug-likeness (QED) is 0.900. The van der Waals surface area contributed by atoms with E-state index in [0.29, 0.717) is 11.8 Å². The number of hydrogen-bond donors (Lipinski definition) is 1. The van der Waals surface area contributed by atoms with Crippen LogP contribution in [0.25, 0.3) is 11.3 Å². The molecule has 0 amide bonds. The third-order valence-corrected chi connectivity index (χ3v) is 4.31. The van der Waals surface area contributed by atoms with Crippen LogP contribution in [-0.2, 0) is 13.0 Å². The summed E-state index contributed by atoms with van der Waals surface area (Å²) in [5.41, 5.74) is 9.73. The Bertz CT molecular complexity index is 608. The topological polar surface area (TPSA) is 43.8 Å². The van der Waals surface area contributed by atoms with E-state index in [2.05, 4.69) is 49.6 Å². The van der Waals surface area contributed by atoms with Crippen LogP contribution < -0.4 is 5.73 Å². The van der Waals surface area contributed by atoms with Crippen molar-refractivity contribution in [2.75, 3.05) is 5.73 Å². The van der Waals surface area contributed by atoms with Crippen molar-refractivity contribution in [1.29, 1.82) is 0 Å². The van der Waals surface area contributed by atoms with Gasteiger partial charge in [0.1, 0.15) is 17.3 Å². The molecule has 2 aromatic rings. The molecule has 1 atom stereocenters. The average molecular weight is 269 g/mol. The monoisotopic (exact) mass is 269 g/mol.